The van der Waals surface area contributed by atoms with Gasteiger partial charge in [0.15, 0.2) is 0 Å². The quantitative estimate of drug-likeness (QED) is 0.616. The van der Waals surface area contributed by atoms with Crippen molar-refractivity contribution < 1.29 is 14.3 Å². The number of morpholine rings is 1. The number of pyridine rings is 1. The summed E-state index contributed by atoms with van der Waals surface area (Å²) in [5, 5.41) is 3.27. The molecular weight excluding hydrogens is 418 g/mol. The van der Waals surface area contributed by atoms with Crippen molar-refractivity contribution in [3.63, 3.8) is 0 Å². The molecule has 1 aromatic carbocycles. The number of carbonyl (C=O) groups is 1. The number of rotatable bonds is 6. The number of amides is 1. The number of hydrogen-bond acceptors (Lipinski definition) is 7. The molecule has 3 heterocycles. The van der Waals surface area contributed by atoms with Gasteiger partial charge in [-0.1, -0.05) is 12.1 Å². The van der Waals surface area contributed by atoms with Crippen LogP contribution in [-0.2, 0) is 16.0 Å². The molecule has 4 rings (SSSR count). The first-order valence-corrected chi connectivity index (χ1v) is 11.0. The molecular formula is C25H29N5O3. The third-order valence-electron chi connectivity index (χ3n) is 5.45. The maximum absolute atomic E-state index is 13.0. The second-order valence-electron chi connectivity index (χ2n) is 8.25. The summed E-state index contributed by atoms with van der Waals surface area (Å²) >= 11 is 0. The van der Waals surface area contributed by atoms with Gasteiger partial charge in [-0.25, -0.2) is 9.97 Å². The first kappa shape index (κ1) is 22.7. The van der Waals surface area contributed by atoms with Crippen LogP contribution in [0.2, 0.25) is 0 Å². The Kier molecular flexibility index (Phi) is 6.84. The van der Waals surface area contributed by atoms with Crippen molar-refractivity contribution >= 4 is 17.5 Å². The number of benzene rings is 1. The fraction of sp³-hybridized carbons (Fsp3) is 0.360. The first-order valence-electron chi connectivity index (χ1n) is 11.0. The van der Waals surface area contributed by atoms with E-state index in [9.17, 15) is 4.79 Å². The minimum atomic E-state index is -0.298. The van der Waals surface area contributed by atoms with Gasteiger partial charge >= 0.3 is 0 Å². The van der Waals surface area contributed by atoms with Crippen molar-refractivity contribution in [3.05, 3.63) is 70.8 Å². The standard InChI is InChI=1S/C25H29N5O3/c1-16-10-17(2)28-25(27-16)29-20-11-18(3)26-22(14-20)23-15-30(8-9-33-23)24(31)13-19-6-5-7-21(12-19)32-4/h5-7,10-12,14,23H,8-9,13,15H2,1-4H3,(H,26,27,28,29)/t23-/m1/s1. The maximum Gasteiger partial charge on any atom is 0.227 e. The largest absolute Gasteiger partial charge is 0.497 e. The summed E-state index contributed by atoms with van der Waals surface area (Å²) in [5.41, 5.74) is 5.19. The Labute approximate surface area is 194 Å². The van der Waals surface area contributed by atoms with Gasteiger partial charge in [0, 0.05) is 29.3 Å². The second-order valence-corrected chi connectivity index (χ2v) is 8.25. The van der Waals surface area contributed by atoms with E-state index in [0.29, 0.717) is 32.1 Å². The number of anilines is 2. The topological polar surface area (TPSA) is 89.5 Å². The van der Waals surface area contributed by atoms with Crippen molar-refractivity contribution in [3.8, 4) is 5.75 Å². The van der Waals surface area contributed by atoms with Gasteiger partial charge in [-0.15, -0.1) is 0 Å². The Balaban J connectivity index is 1.47. The predicted molar refractivity (Wildman–Crippen MR) is 126 cm³/mol. The highest BCUT2D eigenvalue weighted by Crippen LogP contribution is 2.26. The van der Waals surface area contributed by atoms with Crippen molar-refractivity contribution in [2.75, 3.05) is 32.1 Å². The van der Waals surface area contributed by atoms with Crippen LogP contribution in [0.1, 0.15) is 34.4 Å². The van der Waals surface area contributed by atoms with E-state index in [4.69, 9.17) is 9.47 Å². The van der Waals surface area contributed by atoms with Gasteiger partial charge in [0.25, 0.3) is 0 Å². The summed E-state index contributed by atoms with van der Waals surface area (Å²) in [5.74, 6) is 1.35. The molecule has 0 radical (unpaired) electrons. The molecule has 2 aromatic heterocycles. The lowest BCUT2D eigenvalue weighted by molar-refractivity contribution is -0.138. The van der Waals surface area contributed by atoms with Gasteiger partial charge in [-0.3, -0.25) is 9.78 Å². The van der Waals surface area contributed by atoms with Gasteiger partial charge in [-0.2, -0.15) is 0 Å². The van der Waals surface area contributed by atoms with Crippen LogP contribution < -0.4 is 10.1 Å². The van der Waals surface area contributed by atoms with Crippen molar-refractivity contribution in [2.45, 2.75) is 33.3 Å². The Morgan fingerprint density at radius 2 is 1.85 bits per heavy atom. The number of ether oxygens (including phenoxy) is 2. The molecule has 1 aliphatic heterocycles. The summed E-state index contributed by atoms with van der Waals surface area (Å²) in [6, 6.07) is 13.4. The Hall–Kier alpha value is -3.52. The van der Waals surface area contributed by atoms with Gasteiger partial charge in [-0.05, 0) is 56.7 Å². The van der Waals surface area contributed by atoms with Crippen LogP contribution in [0, 0.1) is 20.8 Å². The minimum absolute atomic E-state index is 0.0613. The van der Waals surface area contributed by atoms with E-state index in [0.717, 1.165) is 39.8 Å². The van der Waals surface area contributed by atoms with Crippen LogP contribution in [0.25, 0.3) is 0 Å². The molecule has 3 aromatic rings. The zero-order valence-corrected chi connectivity index (χ0v) is 19.5. The zero-order chi connectivity index (χ0) is 23.4. The van der Waals surface area contributed by atoms with Crippen LogP contribution in [-0.4, -0.2) is 52.6 Å². The molecule has 8 nitrogen and oxygen atoms in total. The predicted octanol–water partition coefficient (Wildman–Crippen LogP) is 3.69. The average Bonchev–Trinajstić information content (AvgIpc) is 2.78. The molecule has 33 heavy (non-hydrogen) atoms. The van der Waals surface area contributed by atoms with Crippen molar-refractivity contribution in [1.29, 1.82) is 0 Å². The smallest absolute Gasteiger partial charge is 0.227 e. The van der Waals surface area contributed by atoms with Crippen LogP contribution in [0.15, 0.2) is 42.5 Å². The summed E-state index contributed by atoms with van der Waals surface area (Å²) in [6.07, 6.45) is 0.0239. The monoisotopic (exact) mass is 447 g/mol. The van der Waals surface area contributed by atoms with Gasteiger partial charge in [0.1, 0.15) is 11.9 Å². The van der Waals surface area contributed by atoms with Crippen molar-refractivity contribution in [1.82, 2.24) is 19.9 Å². The number of carbonyl (C=O) groups excluding carboxylic acids is 1. The zero-order valence-electron chi connectivity index (χ0n) is 19.5. The van der Waals surface area contributed by atoms with Crippen LogP contribution in [0.3, 0.4) is 0 Å². The highest BCUT2D eigenvalue weighted by Gasteiger charge is 2.27. The summed E-state index contributed by atoms with van der Waals surface area (Å²) in [4.78, 5) is 28.4. The Morgan fingerprint density at radius 1 is 1.09 bits per heavy atom. The molecule has 1 amide bonds. The van der Waals surface area contributed by atoms with Gasteiger partial charge < -0.3 is 19.7 Å². The molecule has 172 valence electrons. The fourth-order valence-corrected chi connectivity index (χ4v) is 3.97. The molecule has 8 heteroatoms. The summed E-state index contributed by atoms with van der Waals surface area (Å²) < 4.78 is 11.3. The Morgan fingerprint density at radius 3 is 2.61 bits per heavy atom. The second kappa shape index (κ2) is 9.95. The summed E-state index contributed by atoms with van der Waals surface area (Å²) in [7, 11) is 1.62. The van der Waals surface area contributed by atoms with Crippen LogP contribution in [0.5, 0.6) is 5.75 Å². The lowest BCUT2D eigenvalue weighted by Gasteiger charge is -2.33. The number of hydrogen-bond donors (Lipinski definition) is 1. The molecule has 0 spiro atoms. The van der Waals surface area contributed by atoms with E-state index < -0.39 is 0 Å². The molecule has 1 saturated heterocycles. The lowest BCUT2D eigenvalue weighted by atomic mass is 10.1. The van der Waals surface area contributed by atoms with E-state index in [2.05, 4.69) is 20.3 Å². The number of nitrogens with one attached hydrogen (secondary N) is 1. The van der Waals surface area contributed by atoms with E-state index in [-0.39, 0.29) is 12.0 Å². The summed E-state index contributed by atoms with van der Waals surface area (Å²) in [6.45, 7) is 7.30. The molecule has 1 N–H and O–H groups in total. The Bertz CT molecular complexity index is 1130. The normalized spacial score (nSPS) is 15.9. The third kappa shape index (κ3) is 5.84. The minimum Gasteiger partial charge on any atom is -0.497 e. The lowest BCUT2D eigenvalue weighted by Crippen LogP contribution is -2.43. The van der Waals surface area contributed by atoms with Crippen LogP contribution >= 0.6 is 0 Å². The molecule has 1 aliphatic rings. The highest BCUT2D eigenvalue weighted by atomic mass is 16.5. The van der Waals surface area contributed by atoms with E-state index >= 15 is 0 Å². The molecule has 1 atom stereocenters. The first-order chi connectivity index (χ1) is 15.9. The maximum atomic E-state index is 13.0. The highest BCUT2D eigenvalue weighted by molar-refractivity contribution is 5.79. The van der Waals surface area contributed by atoms with Gasteiger partial charge in [0.05, 0.1) is 32.4 Å². The van der Waals surface area contributed by atoms with Gasteiger partial charge in [0.2, 0.25) is 11.9 Å². The van der Waals surface area contributed by atoms with E-state index in [1.165, 1.54) is 0 Å². The van der Waals surface area contributed by atoms with Crippen molar-refractivity contribution in [2.24, 2.45) is 0 Å². The fourth-order valence-electron chi connectivity index (χ4n) is 3.97. The number of methoxy groups -OCH3 is 1. The molecule has 0 aliphatic carbocycles. The van der Waals surface area contributed by atoms with E-state index in [1.54, 1.807) is 7.11 Å². The molecule has 1 fully saturated rings. The third-order valence-corrected chi connectivity index (χ3v) is 5.45. The SMILES string of the molecule is COc1cccc(CC(=O)N2CCO[C@@H](c3cc(Nc4nc(C)cc(C)n4)cc(C)n3)C2)c1. The molecule has 0 bridgehead atoms. The van der Waals surface area contributed by atoms with E-state index in [1.807, 2.05) is 68.1 Å². The molecule has 0 saturated carbocycles. The number of aryl methyl sites for hydroxylation is 3. The molecule has 0 unspecified atom stereocenters. The number of nitrogens with zero attached hydrogens (tertiary/aromatic N) is 4. The average molecular weight is 448 g/mol. The number of aromatic nitrogens is 3. The van der Waals surface area contributed by atoms with Crippen LogP contribution in [0.4, 0.5) is 11.6 Å².